The van der Waals surface area contributed by atoms with Gasteiger partial charge in [0.2, 0.25) is 17.7 Å². The Morgan fingerprint density at radius 2 is 1.91 bits per heavy atom. The molecular weight excluding hydrogens is 444 g/mol. The van der Waals surface area contributed by atoms with Crippen LogP contribution in [0.3, 0.4) is 0 Å². The minimum atomic E-state index is -1.21. The zero-order valence-corrected chi connectivity index (χ0v) is 20.3. The summed E-state index contributed by atoms with van der Waals surface area (Å²) in [6, 6.07) is 14.4. The fourth-order valence-electron chi connectivity index (χ4n) is 4.88. The predicted octanol–water partition coefficient (Wildman–Crippen LogP) is 2.39. The van der Waals surface area contributed by atoms with Gasteiger partial charge in [-0.1, -0.05) is 44.2 Å². The zero-order valence-electron chi connectivity index (χ0n) is 20.3. The highest BCUT2D eigenvalue weighted by Gasteiger charge is 2.45. The van der Waals surface area contributed by atoms with Gasteiger partial charge < -0.3 is 26.1 Å². The van der Waals surface area contributed by atoms with Gasteiger partial charge in [0.05, 0.1) is 13.5 Å². The number of para-hydroxylation sites is 1. The van der Waals surface area contributed by atoms with Crippen molar-refractivity contribution in [3.63, 3.8) is 0 Å². The van der Waals surface area contributed by atoms with Crippen LogP contribution in [0.2, 0.25) is 0 Å². The lowest BCUT2D eigenvalue weighted by Crippen LogP contribution is -2.64. The van der Waals surface area contributed by atoms with Crippen LogP contribution < -0.4 is 21.1 Å². The van der Waals surface area contributed by atoms with Gasteiger partial charge in [-0.2, -0.15) is 0 Å². The summed E-state index contributed by atoms with van der Waals surface area (Å²) in [5, 5.41) is 6.89. The maximum absolute atomic E-state index is 13.7. The normalized spacial score (nSPS) is 18.1. The molecule has 0 bridgehead atoms. The second-order valence-electron chi connectivity index (χ2n) is 9.56. The Balaban J connectivity index is 1.66. The van der Waals surface area contributed by atoms with Crippen molar-refractivity contribution in [3.05, 3.63) is 65.4 Å². The quantitative estimate of drug-likeness (QED) is 0.398. The molecular formula is C27H32N4O4. The average Bonchev–Trinajstić information content (AvgIpc) is 3.19. The largest absolute Gasteiger partial charge is 0.497 e. The number of amides is 3. The highest BCUT2D eigenvalue weighted by Crippen LogP contribution is 2.34. The molecule has 4 rings (SSSR count). The topological polar surface area (TPSA) is 126 Å². The molecule has 0 saturated heterocycles. The molecule has 0 unspecified atom stereocenters. The van der Waals surface area contributed by atoms with Gasteiger partial charge in [0.1, 0.15) is 17.3 Å². The molecule has 2 atom stereocenters. The molecule has 0 fully saturated rings. The number of hydrogen-bond acceptors (Lipinski definition) is 4. The van der Waals surface area contributed by atoms with E-state index in [-0.39, 0.29) is 18.2 Å². The van der Waals surface area contributed by atoms with Crippen molar-refractivity contribution < 1.29 is 19.1 Å². The van der Waals surface area contributed by atoms with E-state index in [0.29, 0.717) is 25.0 Å². The number of nitrogens with one attached hydrogen (secondary N) is 3. The first-order chi connectivity index (χ1) is 16.7. The Morgan fingerprint density at radius 3 is 2.63 bits per heavy atom. The van der Waals surface area contributed by atoms with E-state index < -0.39 is 23.4 Å². The number of benzene rings is 2. The van der Waals surface area contributed by atoms with E-state index >= 15 is 0 Å². The predicted molar refractivity (Wildman–Crippen MR) is 134 cm³/mol. The van der Waals surface area contributed by atoms with Crippen molar-refractivity contribution in [2.45, 2.75) is 51.1 Å². The fourth-order valence-corrected chi connectivity index (χ4v) is 4.88. The van der Waals surface area contributed by atoms with E-state index in [1.165, 1.54) is 0 Å². The number of aryl methyl sites for hydroxylation is 1. The minimum absolute atomic E-state index is 0.0937. The maximum atomic E-state index is 13.7. The number of primary amides is 1. The van der Waals surface area contributed by atoms with Gasteiger partial charge in [0, 0.05) is 23.0 Å². The molecule has 0 radical (unpaired) electrons. The number of hydrogen-bond donors (Lipinski definition) is 4. The van der Waals surface area contributed by atoms with Gasteiger partial charge in [-0.25, -0.2) is 0 Å². The second-order valence-corrected chi connectivity index (χ2v) is 9.56. The fraction of sp³-hybridized carbons (Fsp3) is 0.370. The van der Waals surface area contributed by atoms with Crippen molar-refractivity contribution in [2.24, 2.45) is 11.7 Å². The molecule has 1 aliphatic carbocycles. The molecule has 3 amide bonds. The summed E-state index contributed by atoms with van der Waals surface area (Å²) < 4.78 is 5.26. The van der Waals surface area contributed by atoms with E-state index in [0.717, 1.165) is 27.7 Å². The van der Waals surface area contributed by atoms with Crippen LogP contribution in [0.15, 0.2) is 48.5 Å². The van der Waals surface area contributed by atoms with Crippen LogP contribution in [-0.2, 0) is 33.6 Å². The highest BCUT2D eigenvalue weighted by molar-refractivity contribution is 5.97. The molecule has 5 N–H and O–H groups in total. The number of ether oxygens (including phenoxy) is 1. The smallest absolute Gasteiger partial charge is 0.246 e. The van der Waals surface area contributed by atoms with Crippen LogP contribution in [0.1, 0.15) is 37.1 Å². The third kappa shape index (κ3) is 5.01. The first-order valence-electron chi connectivity index (χ1n) is 11.8. The van der Waals surface area contributed by atoms with Crippen molar-refractivity contribution >= 4 is 28.6 Å². The molecule has 3 aromatic rings. The molecule has 0 spiro atoms. The van der Waals surface area contributed by atoms with Gasteiger partial charge in [0.15, 0.2) is 0 Å². The van der Waals surface area contributed by atoms with Crippen LogP contribution in [0.25, 0.3) is 10.9 Å². The standard InChI is InChI=1S/C27H32N4O4/c1-16(2)24(25(28)33)30-26(34)27(31-23(32)14-17-7-6-8-18(13-17)35-3)12-11-22-20(15-27)19-9-4-5-10-21(19)29-22/h4-10,13,16,24,29H,11-12,14-15H2,1-3H3,(H2,28,33)(H,30,34)(H,31,32)/t24-,27+/m0/s1. The summed E-state index contributed by atoms with van der Waals surface area (Å²) in [6.45, 7) is 3.64. The molecule has 1 aromatic heterocycles. The summed E-state index contributed by atoms with van der Waals surface area (Å²) in [6.07, 6.45) is 1.38. The van der Waals surface area contributed by atoms with Crippen molar-refractivity contribution in [1.29, 1.82) is 0 Å². The summed E-state index contributed by atoms with van der Waals surface area (Å²) in [5.74, 6) is -0.810. The Bertz CT molecular complexity index is 1270. The number of fused-ring (bicyclic) bond motifs is 3. The lowest BCUT2D eigenvalue weighted by atomic mass is 9.78. The van der Waals surface area contributed by atoms with E-state index in [9.17, 15) is 14.4 Å². The third-order valence-corrected chi connectivity index (χ3v) is 6.75. The van der Waals surface area contributed by atoms with E-state index in [2.05, 4.69) is 15.6 Å². The monoisotopic (exact) mass is 476 g/mol. The lowest BCUT2D eigenvalue weighted by Gasteiger charge is -2.38. The van der Waals surface area contributed by atoms with Gasteiger partial charge in [-0.15, -0.1) is 0 Å². The van der Waals surface area contributed by atoms with Crippen LogP contribution in [0, 0.1) is 5.92 Å². The van der Waals surface area contributed by atoms with Crippen LogP contribution in [-0.4, -0.2) is 41.4 Å². The number of nitrogens with two attached hydrogens (primary N) is 1. The third-order valence-electron chi connectivity index (χ3n) is 6.75. The summed E-state index contributed by atoms with van der Waals surface area (Å²) in [4.78, 5) is 42.4. The Morgan fingerprint density at radius 1 is 1.14 bits per heavy atom. The Hall–Kier alpha value is -3.81. The van der Waals surface area contributed by atoms with Crippen LogP contribution in [0.5, 0.6) is 5.75 Å². The Kier molecular flexibility index (Phi) is 6.82. The van der Waals surface area contributed by atoms with Gasteiger partial charge in [0.25, 0.3) is 0 Å². The zero-order chi connectivity index (χ0) is 25.2. The maximum Gasteiger partial charge on any atom is 0.246 e. The van der Waals surface area contributed by atoms with Crippen LogP contribution in [0.4, 0.5) is 0 Å². The number of aromatic nitrogens is 1. The number of carbonyl (C=O) groups excluding carboxylic acids is 3. The molecule has 8 nitrogen and oxygen atoms in total. The summed E-state index contributed by atoms with van der Waals surface area (Å²) in [5.41, 5.74) is 8.19. The molecule has 0 saturated carbocycles. The van der Waals surface area contributed by atoms with Gasteiger partial charge in [-0.3, -0.25) is 14.4 Å². The lowest BCUT2D eigenvalue weighted by molar-refractivity contribution is -0.136. The molecule has 1 aliphatic rings. The van der Waals surface area contributed by atoms with Crippen molar-refractivity contribution in [3.8, 4) is 5.75 Å². The molecule has 1 heterocycles. The molecule has 2 aromatic carbocycles. The molecule has 35 heavy (non-hydrogen) atoms. The SMILES string of the molecule is COc1cccc(CC(=O)N[C@]2(C(=O)N[C@H](C(N)=O)C(C)C)CCc3[nH]c4ccccc4c3C2)c1. The first kappa shape index (κ1) is 24.3. The summed E-state index contributed by atoms with van der Waals surface area (Å²) >= 11 is 0. The van der Waals surface area contributed by atoms with Crippen molar-refractivity contribution in [1.82, 2.24) is 15.6 Å². The first-order valence-corrected chi connectivity index (χ1v) is 11.8. The Labute approximate surface area is 204 Å². The number of carbonyl (C=O) groups is 3. The molecule has 0 aliphatic heterocycles. The highest BCUT2D eigenvalue weighted by atomic mass is 16.5. The number of rotatable bonds is 8. The van der Waals surface area contributed by atoms with E-state index in [1.54, 1.807) is 13.2 Å². The van der Waals surface area contributed by atoms with E-state index in [4.69, 9.17) is 10.5 Å². The molecule has 8 heteroatoms. The number of aromatic amines is 1. The molecule has 184 valence electrons. The summed E-state index contributed by atoms with van der Waals surface area (Å²) in [7, 11) is 1.57. The second kappa shape index (κ2) is 9.82. The number of methoxy groups -OCH3 is 1. The minimum Gasteiger partial charge on any atom is -0.497 e. The van der Waals surface area contributed by atoms with Crippen molar-refractivity contribution in [2.75, 3.05) is 7.11 Å². The van der Waals surface area contributed by atoms with Gasteiger partial charge >= 0.3 is 0 Å². The van der Waals surface area contributed by atoms with E-state index in [1.807, 2.05) is 56.3 Å². The number of H-pyrrole nitrogens is 1. The van der Waals surface area contributed by atoms with Crippen LogP contribution >= 0.6 is 0 Å². The average molecular weight is 477 g/mol. The van der Waals surface area contributed by atoms with Gasteiger partial charge in [-0.05, 0) is 48.1 Å².